The van der Waals surface area contributed by atoms with E-state index in [1.54, 1.807) is 6.20 Å². The first-order valence-electron chi connectivity index (χ1n) is 8.16. The van der Waals surface area contributed by atoms with Crippen molar-refractivity contribution >= 4 is 34.6 Å². The van der Waals surface area contributed by atoms with Crippen LogP contribution in [0.5, 0.6) is 0 Å². The van der Waals surface area contributed by atoms with Crippen molar-refractivity contribution in [3.8, 4) is 0 Å². The van der Waals surface area contributed by atoms with Crippen LogP contribution in [0, 0.1) is 0 Å². The van der Waals surface area contributed by atoms with E-state index in [-0.39, 0.29) is 6.42 Å². The van der Waals surface area contributed by atoms with Crippen molar-refractivity contribution in [3.05, 3.63) is 36.0 Å². The van der Waals surface area contributed by atoms with Gasteiger partial charge in [0.15, 0.2) is 0 Å². The lowest BCUT2D eigenvalue weighted by molar-refractivity contribution is -0.138. The molecule has 2 rings (SSSR count). The molecule has 0 saturated heterocycles. The molecule has 0 saturated carbocycles. The van der Waals surface area contributed by atoms with Crippen molar-refractivity contribution < 1.29 is 24.3 Å². The predicted molar refractivity (Wildman–Crippen MR) is 96.4 cm³/mol. The molecule has 0 aliphatic carbocycles. The van der Waals surface area contributed by atoms with E-state index in [4.69, 9.17) is 16.6 Å². The van der Waals surface area contributed by atoms with Gasteiger partial charge in [-0.25, -0.2) is 0 Å². The fourth-order valence-electron chi connectivity index (χ4n) is 2.61. The van der Waals surface area contributed by atoms with E-state index >= 15 is 0 Å². The second kappa shape index (κ2) is 8.81. The monoisotopic (exact) mass is 375 g/mol. The maximum Gasteiger partial charge on any atom is 0.322 e. The lowest BCUT2D eigenvalue weighted by Gasteiger charge is -2.19. The number of fused-ring (bicyclic) bond motifs is 1. The minimum atomic E-state index is -1.30. The minimum Gasteiger partial charge on any atom is -0.480 e. The molecule has 10 nitrogen and oxygen atoms in total. The topological polar surface area (TPSA) is 180 Å². The number of primary amides is 1. The third-order valence-corrected chi connectivity index (χ3v) is 3.90. The van der Waals surface area contributed by atoms with Crippen molar-refractivity contribution in [2.24, 2.45) is 11.5 Å². The Labute approximate surface area is 154 Å². The summed E-state index contributed by atoms with van der Waals surface area (Å²) >= 11 is 0. The van der Waals surface area contributed by atoms with Crippen LogP contribution in [-0.4, -0.2) is 52.4 Å². The Hall–Kier alpha value is -3.40. The first kappa shape index (κ1) is 19.9. The number of carbonyl (C=O) groups is 4. The highest BCUT2D eigenvalue weighted by atomic mass is 16.4. The van der Waals surface area contributed by atoms with Crippen LogP contribution < -0.4 is 22.1 Å². The molecule has 0 radical (unpaired) electrons. The van der Waals surface area contributed by atoms with E-state index in [2.05, 4.69) is 15.6 Å². The number of para-hydroxylation sites is 1. The summed E-state index contributed by atoms with van der Waals surface area (Å²) in [6.45, 7) is -0.647. The molecule has 0 spiro atoms. The van der Waals surface area contributed by atoms with Gasteiger partial charge in [0, 0.05) is 17.1 Å². The van der Waals surface area contributed by atoms with Gasteiger partial charge in [0.25, 0.3) is 0 Å². The zero-order chi connectivity index (χ0) is 20.0. The van der Waals surface area contributed by atoms with Gasteiger partial charge in [-0.1, -0.05) is 18.2 Å². The molecule has 0 bridgehead atoms. The normalized spacial score (nSPS) is 12.9. The highest BCUT2D eigenvalue weighted by Gasteiger charge is 2.26. The number of amides is 3. The molecule has 27 heavy (non-hydrogen) atoms. The number of aromatic nitrogens is 1. The molecule has 1 aromatic carbocycles. The SMILES string of the molecule is NC(=O)C[C@H](NC(=O)[C@@H](N)Cc1c[nH]c2ccccc12)C(=O)NCC(=O)O. The molecule has 2 atom stereocenters. The molecule has 0 aliphatic rings. The van der Waals surface area contributed by atoms with Crippen LogP contribution in [-0.2, 0) is 25.6 Å². The van der Waals surface area contributed by atoms with E-state index < -0.39 is 48.7 Å². The largest absolute Gasteiger partial charge is 0.480 e. The molecule has 3 amide bonds. The fourth-order valence-corrected chi connectivity index (χ4v) is 2.61. The summed E-state index contributed by atoms with van der Waals surface area (Å²) in [6, 6.07) is 5.23. The van der Waals surface area contributed by atoms with Crippen LogP contribution in [0.3, 0.4) is 0 Å². The fraction of sp³-hybridized carbons (Fsp3) is 0.294. The highest BCUT2D eigenvalue weighted by molar-refractivity contribution is 5.94. The number of hydrogen-bond acceptors (Lipinski definition) is 5. The van der Waals surface area contributed by atoms with Crippen molar-refractivity contribution in [2.75, 3.05) is 6.54 Å². The van der Waals surface area contributed by atoms with E-state index in [0.29, 0.717) is 0 Å². The summed E-state index contributed by atoms with van der Waals surface area (Å²) in [5.74, 6) is -3.57. The van der Waals surface area contributed by atoms with Gasteiger partial charge in [0.05, 0.1) is 12.5 Å². The molecule has 0 aliphatic heterocycles. The van der Waals surface area contributed by atoms with Crippen molar-refractivity contribution in [3.63, 3.8) is 0 Å². The molecule has 8 N–H and O–H groups in total. The Balaban J connectivity index is 2.03. The van der Waals surface area contributed by atoms with Crippen LogP contribution in [0.1, 0.15) is 12.0 Å². The first-order chi connectivity index (χ1) is 12.8. The molecule has 10 heteroatoms. The number of carboxylic acids is 1. The van der Waals surface area contributed by atoms with Crippen LogP contribution in [0.4, 0.5) is 0 Å². The smallest absolute Gasteiger partial charge is 0.322 e. The number of rotatable bonds is 9. The van der Waals surface area contributed by atoms with Gasteiger partial charge >= 0.3 is 5.97 Å². The number of nitrogens with two attached hydrogens (primary N) is 2. The molecular weight excluding hydrogens is 354 g/mol. The minimum absolute atomic E-state index is 0.204. The molecule has 1 aromatic heterocycles. The number of aromatic amines is 1. The quantitative estimate of drug-likeness (QED) is 0.313. The molecule has 2 aromatic rings. The number of carbonyl (C=O) groups excluding carboxylic acids is 3. The highest BCUT2D eigenvalue weighted by Crippen LogP contribution is 2.18. The van der Waals surface area contributed by atoms with E-state index in [0.717, 1.165) is 16.5 Å². The Kier molecular flexibility index (Phi) is 6.50. The lowest BCUT2D eigenvalue weighted by atomic mass is 10.0. The van der Waals surface area contributed by atoms with Crippen LogP contribution in [0.15, 0.2) is 30.5 Å². The zero-order valence-electron chi connectivity index (χ0n) is 14.4. The summed E-state index contributed by atoms with van der Waals surface area (Å²) in [5, 5.41) is 14.0. The maximum absolute atomic E-state index is 12.3. The van der Waals surface area contributed by atoms with Gasteiger partial charge in [0.1, 0.15) is 12.6 Å². The molecule has 0 unspecified atom stereocenters. The van der Waals surface area contributed by atoms with Crippen LogP contribution in [0.25, 0.3) is 10.9 Å². The Bertz CT molecular complexity index is 862. The average molecular weight is 375 g/mol. The van der Waals surface area contributed by atoms with Gasteiger partial charge in [-0.2, -0.15) is 0 Å². The Morgan fingerprint density at radius 3 is 2.52 bits per heavy atom. The van der Waals surface area contributed by atoms with E-state index in [9.17, 15) is 19.2 Å². The second-order valence-electron chi connectivity index (χ2n) is 6.01. The maximum atomic E-state index is 12.3. The summed E-state index contributed by atoms with van der Waals surface area (Å²) in [7, 11) is 0. The molecule has 1 heterocycles. The second-order valence-corrected chi connectivity index (χ2v) is 6.01. The number of hydrogen-bond donors (Lipinski definition) is 6. The zero-order valence-corrected chi connectivity index (χ0v) is 14.4. The number of aliphatic carboxylic acids is 1. The summed E-state index contributed by atoms with van der Waals surface area (Å²) in [4.78, 5) is 49.1. The van der Waals surface area contributed by atoms with E-state index in [1.807, 2.05) is 24.3 Å². The number of carboxylic acid groups (broad SMARTS) is 1. The first-order valence-corrected chi connectivity index (χ1v) is 8.16. The Morgan fingerprint density at radius 1 is 1.15 bits per heavy atom. The summed E-state index contributed by atoms with van der Waals surface area (Å²) < 4.78 is 0. The van der Waals surface area contributed by atoms with Crippen LogP contribution >= 0.6 is 0 Å². The van der Waals surface area contributed by atoms with Crippen molar-refractivity contribution in [2.45, 2.75) is 24.9 Å². The molecule has 144 valence electrons. The Morgan fingerprint density at radius 2 is 1.85 bits per heavy atom. The van der Waals surface area contributed by atoms with Crippen molar-refractivity contribution in [1.82, 2.24) is 15.6 Å². The average Bonchev–Trinajstić information content (AvgIpc) is 3.01. The van der Waals surface area contributed by atoms with Gasteiger partial charge in [-0.05, 0) is 18.1 Å². The third kappa shape index (κ3) is 5.54. The summed E-state index contributed by atoms with van der Waals surface area (Å²) in [5.41, 5.74) is 12.8. The standard InChI is InChI=1S/C17H21N5O5/c18-11(5-9-7-20-12-4-2-1-3-10(9)12)16(26)22-13(6-14(19)23)17(27)21-8-15(24)25/h1-4,7,11,13,20H,5-6,8,18H2,(H2,19,23)(H,21,27)(H,22,26)(H,24,25)/t11-,13-/m0/s1. The van der Waals surface area contributed by atoms with Gasteiger partial charge in [-0.3, -0.25) is 19.2 Å². The van der Waals surface area contributed by atoms with Gasteiger partial charge < -0.3 is 32.2 Å². The predicted octanol–water partition coefficient (Wildman–Crippen LogP) is -1.40. The lowest BCUT2D eigenvalue weighted by Crippen LogP contribution is -2.53. The van der Waals surface area contributed by atoms with Crippen LogP contribution in [0.2, 0.25) is 0 Å². The van der Waals surface area contributed by atoms with Gasteiger partial charge in [-0.15, -0.1) is 0 Å². The molecule has 0 fully saturated rings. The van der Waals surface area contributed by atoms with Gasteiger partial charge in [0.2, 0.25) is 17.7 Å². The number of H-pyrrole nitrogens is 1. The summed E-state index contributed by atoms with van der Waals surface area (Å²) in [6.07, 6.45) is 1.48. The third-order valence-electron chi connectivity index (χ3n) is 3.90. The number of nitrogens with one attached hydrogen (secondary N) is 3. The molecular formula is C17H21N5O5. The van der Waals surface area contributed by atoms with Crippen molar-refractivity contribution in [1.29, 1.82) is 0 Å². The number of benzene rings is 1. The van der Waals surface area contributed by atoms with E-state index in [1.165, 1.54) is 0 Å².